The molecule has 0 aromatic heterocycles. The first-order chi connectivity index (χ1) is 10.2. The van der Waals surface area contributed by atoms with Crippen LogP contribution >= 0.6 is 0 Å². The van der Waals surface area contributed by atoms with E-state index in [1.54, 1.807) is 0 Å². The lowest BCUT2D eigenvalue weighted by Crippen LogP contribution is -2.12. The molecular formula is C16H18O4S. The van der Waals surface area contributed by atoms with E-state index in [9.17, 15) is 9.00 Å². The summed E-state index contributed by atoms with van der Waals surface area (Å²) in [6.07, 6.45) is 0.506. The van der Waals surface area contributed by atoms with Gasteiger partial charge in [-0.15, -0.1) is 0 Å². The van der Waals surface area contributed by atoms with E-state index in [0.29, 0.717) is 24.5 Å². The van der Waals surface area contributed by atoms with Gasteiger partial charge in [-0.1, -0.05) is 36.4 Å². The lowest BCUT2D eigenvalue weighted by molar-refractivity contribution is -0.137. The number of rotatable bonds is 8. The Morgan fingerprint density at radius 2 is 1.86 bits per heavy atom. The minimum absolute atomic E-state index is 0.0654. The van der Waals surface area contributed by atoms with Gasteiger partial charge in [0, 0.05) is 28.4 Å². The summed E-state index contributed by atoms with van der Waals surface area (Å²) in [5.41, 5.74) is 0. The first kappa shape index (κ1) is 15.5. The molecule has 0 saturated heterocycles. The molecule has 0 saturated carbocycles. The molecule has 0 fully saturated rings. The molecule has 5 heteroatoms. The summed E-state index contributed by atoms with van der Waals surface area (Å²) in [5.74, 6) is 0.767. The predicted molar refractivity (Wildman–Crippen MR) is 84.2 cm³/mol. The number of hydrogen-bond acceptors (Lipinski definition) is 3. The van der Waals surface area contributed by atoms with Crippen molar-refractivity contribution in [3.63, 3.8) is 0 Å². The van der Waals surface area contributed by atoms with Crippen LogP contribution in [0.4, 0.5) is 0 Å². The molecule has 0 heterocycles. The second kappa shape index (κ2) is 7.78. The minimum Gasteiger partial charge on any atom is -0.492 e. The highest BCUT2D eigenvalue weighted by Gasteiger charge is 2.05. The SMILES string of the molecule is O=C(O)CCCS(=O)CCOc1cccc2ccccc12. The fourth-order valence-corrected chi connectivity index (χ4v) is 2.99. The van der Waals surface area contributed by atoms with Crippen molar-refractivity contribution in [2.24, 2.45) is 0 Å². The van der Waals surface area contributed by atoms with Crippen LogP contribution < -0.4 is 4.74 Å². The molecular weight excluding hydrogens is 288 g/mol. The van der Waals surface area contributed by atoms with Crippen LogP contribution in [0.1, 0.15) is 12.8 Å². The van der Waals surface area contributed by atoms with Crippen LogP contribution in [0, 0.1) is 0 Å². The van der Waals surface area contributed by atoms with E-state index < -0.39 is 16.8 Å². The average molecular weight is 306 g/mol. The lowest BCUT2D eigenvalue weighted by Gasteiger charge is -2.09. The van der Waals surface area contributed by atoms with E-state index in [1.165, 1.54) is 0 Å². The number of benzene rings is 2. The molecule has 0 amide bonds. The summed E-state index contributed by atoms with van der Waals surface area (Å²) in [5, 5.41) is 10.7. The third kappa shape index (κ3) is 4.86. The smallest absolute Gasteiger partial charge is 0.303 e. The Hall–Kier alpha value is -1.88. The largest absolute Gasteiger partial charge is 0.492 e. The molecule has 0 bridgehead atoms. The first-order valence-electron chi connectivity index (χ1n) is 6.84. The lowest BCUT2D eigenvalue weighted by atomic mass is 10.1. The van der Waals surface area contributed by atoms with Crippen molar-refractivity contribution in [2.75, 3.05) is 18.1 Å². The van der Waals surface area contributed by atoms with Gasteiger partial charge in [-0.2, -0.15) is 0 Å². The van der Waals surface area contributed by atoms with Crippen molar-refractivity contribution in [3.8, 4) is 5.75 Å². The summed E-state index contributed by atoms with van der Waals surface area (Å²) >= 11 is 0. The Morgan fingerprint density at radius 3 is 2.67 bits per heavy atom. The summed E-state index contributed by atoms with van der Waals surface area (Å²) in [7, 11) is -1.03. The number of carboxylic acids is 1. The maximum absolute atomic E-state index is 11.7. The molecule has 0 aliphatic carbocycles. The number of carboxylic acid groups (broad SMARTS) is 1. The molecule has 112 valence electrons. The van der Waals surface area contributed by atoms with E-state index in [2.05, 4.69) is 0 Å². The fourth-order valence-electron chi connectivity index (χ4n) is 2.05. The van der Waals surface area contributed by atoms with Gasteiger partial charge in [0.1, 0.15) is 5.75 Å². The Balaban J connectivity index is 1.82. The van der Waals surface area contributed by atoms with Gasteiger partial charge in [-0.25, -0.2) is 0 Å². The highest BCUT2D eigenvalue weighted by Crippen LogP contribution is 2.24. The topological polar surface area (TPSA) is 63.6 Å². The van der Waals surface area contributed by atoms with Gasteiger partial charge < -0.3 is 9.84 Å². The molecule has 0 aliphatic rings. The summed E-state index contributed by atoms with van der Waals surface area (Å²) in [6.45, 7) is 0.369. The molecule has 0 aliphatic heterocycles. The zero-order chi connectivity index (χ0) is 15.1. The van der Waals surface area contributed by atoms with Gasteiger partial charge >= 0.3 is 5.97 Å². The van der Waals surface area contributed by atoms with Crippen LogP contribution in [0.3, 0.4) is 0 Å². The number of carbonyl (C=O) groups is 1. The van der Waals surface area contributed by atoms with Gasteiger partial charge in [-0.05, 0) is 17.9 Å². The Bertz CT molecular complexity index is 634. The van der Waals surface area contributed by atoms with E-state index in [1.807, 2.05) is 42.5 Å². The zero-order valence-electron chi connectivity index (χ0n) is 11.7. The molecule has 4 nitrogen and oxygen atoms in total. The quantitative estimate of drug-likeness (QED) is 0.814. The number of ether oxygens (including phenoxy) is 1. The van der Waals surface area contributed by atoms with E-state index in [4.69, 9.17) is 9.84 Å². The highest BCUT2D eigenvalue weighted by molar-refractivity contribution is 7.84. The van der Waals surface area contributed by atoms with Gasteiger partial charge in [0.05, 0.1) is 12.4 Å². The van der Waals surface area contributed by atoms with Gasteiger partial charge in [0.25, 0.3) is 0 Å². The van der Waals surface area contributed by atoms with Gasteiger partial charge in [0.2, 0.25) is 0 Å². The normalized spacial score (nSPS) is 12.2. The molecule has 21 heavy (non-hydrogen) atoms. The highest BCUT2D eigenvalue weighted by atomic mass is 32.2. The molecule has 0 radical (unpaired) electrons. The van der Waals surface area contributed by atoms with Crippen LogP contribution in [0.5, 0.6) is 5.75 Å². The van der Waals surface area contributed by atoms with Crippen LogP contribution in [0.15, 0.2) is 42.5 Å². The number of hydrogen-bond donors (Lipinski definition) is 1. The van der Waals surface area contributed by atoms with Crippen LogP contribution in [0.2, 0.25) is 0 Å². The Morgan fingerprint density at radius 1 is 1.10 bits per heavy atom. The van der Waals surface area contributed by atoms with Crippen molar-refractivity contribution >= 4 is 27.5 Å². The Labute approximate surface area is 126 Å². The third-order valence-electron chi connectivity index (χ3n) is 3.08. The van der Waals surface area contributed by atoms with E-state index in [-0.39, 0.29) is 6.42 Å². The summed E-state index contributed by atoms with van der Waals surface area (Å²) in [4.78, 5) is 10.4. The standard InChI is InChI=1S/C16H18O4S/c17-16(18)9-4-11-21(19)12-10-20-15-8-3-6-13-5-1-2-7-14(13)15/h1-3,5-8H,4,9-12H2,(H,17,18). The molecule has 1 unspecified atom stereocenters. The second-order valence-corrected chi connectivity index (χ2v) is 6.37. The van der Waals surface area contributed by atoms with Crippen molar-refractivity contribution in [1.82, 2.24) is 0 Å². The molecule has 1 atom stereocenters. The minimum atomic E-state index is -1.03. The molecule has 0 spiro atoms. The van der Waals surface area contributed by atoms with Crippen molar-refractivity contribution in [1.29, 1.82) is 0 Å². The van der Waals surface area contributed by atoms with E-state index in [0.717, 1.165) is 16.5 Å². The monoisotopic (exact) mass is 306 g/mol. The molecule has 2 rings (SSSR count). The van der Waals surface area contributed by atoms with Crippen molar-refractivity contribution < 1.29 is 18.8 Å². The van der Waals surface area contributed by atoms with E-state index >= 15 is 0 Å². The number of aliphatic carboxylic acids is 1. The maximum atomic E-state index is 11.7. The van der Waals surface area contributed by atoms with Crippen LogP contribution in [-0.2, 0) is 15.6 Å². The third-order valence-corrected chi connectivity index (χ3v) is 4.45. The van der Waals surface area contributed by atoms with Gasteiger partial charge in [0.15, 0.2) is 0 Å². The first-order valence-corrected chi connectivity index (χ1v) is 8.33. The van der Waals surface area contributed by atoms with Crippen molar-refractivity contribution in [3.05, 3.63) is 42.5 Å². The average Bonchev–Trinajstić information content (AvgIpc) is 2.47. The molecule has 2 aromatic carbocycles. The zero-order valence-corrected chi connectivity index (χ0v) is 12.5. The molecule has 1 N–H and O–H groups in total. The molecule has 2 aromatic rings. The van der Waals surface area contributed by atoms with Crippen LogP contribution in [0.25, 0.3) is 10.8 Å². The summed E-state index contributed by atoms with van der Waals surface area (Å²) in [6, 6.07) is 13.8. The van der Waals surface area contributed by atoms with Crippen molar-refractivity contribution in [2.45, 2.75) is 12.8 Å². The fraction of sp³-hybridized carbons (Fsp3) is 0.312. The predicted octanol–water partition coefficient (Wildman–Crippen LogP) is 2.83. The maximum Gasteiger partial charge on any atom is 0.303 e. The van der Waals surface area contributed by atoms with Crippen LogP contribution in [-0.4, -0.2) is 33.4 Å². The van der Waals surface area contributed by atoms with Gasteiger partial charge in [-0.3, -0.25) is 9.00 Å². The number of fused-ring (bicyclic) bond motifs is 1. The summed E-state index contributed by atoms with van der Waals surface area (Å²) < 4.78 is 17.4. The second-order valence-electron chi connectivity index (χ2n) is 4.67. The Kier molecular flexibility index (Phi) is 5.75.